The molecule has 0 fully saturated rings. The van der Waals surface area contributed by atoms with E-state index in [9.17, 15) is 8.42 Å². The van der Waals surface area contributed by atoms with Crippen molar-refractivity contribution in [2.45, 2.75) is 13.0 Å². The van der Waals surface area contributed by atoms with E-state index in [-0.39, 0.29) is 6.04 Å². The van der Waals surface area contributed by atoms with Crippen molar-refractivity contribution in [3.63, 3.8) is 0 Å². The highest BCUT2D eigenvalue weighted by atomic mass is 35.5. The lowest BCUT2D eigenvalue weighted by atomic mass is 10.1. The van der Waals surface area contributed by atoms with Gasteiger partial charge in [-0.15, -0.1) is 0 Å². The molecule has 1 atom stereocenters. The Morgan fingerprint density at radius 2 is 1.89 bits per heavy atom. The van der Waals surface area contributed by atoms with E-state index in [0.29, 0.717) is 23.1 Å². The Bertz CT molecular complexity index is 506. The molecule has 0 aliphatic heterocycles. The van der Waals surface area contributed by atoms with Gasteiger partial charge in [-0.25, -0.2) is 13.1 Å². The number of benzene rings is 1. The Morgan fingerprint density at radius 1 is 1.22 bits per heavy atom. The number of sulfonamides is 1. The number of hydrogen-bond acceptors (Lipinski definition) is 3. The third kappa shape index (κ3) is 5.54. The summed E-state index contributed by atoms with van der Waals surface area (Å²) in [5, 5.41) is 4.22. The van der Waals surface area contributed by atoms with Crippen LogP contribution in [0.15, 0.2) is 18.2 Å². The van der Waals surface area contributed by atoms with Crippen LogP contribution < -0.4 is 10.0 Å². The summed E-state index contributed by atoms with van der Waals surface area (Å²) in [7, 11) is -3.13. The molecular formula is C11H16Cl2N2O2S. The van der Waals surface area contributed by atoms with E-state index in [1.807, 2.05) is 13.0 Å². The summed E-state index contributed by atoms with van der Waals surface area (Å²) in [6.07, 6.45) is 1.13. The summed E-state index contributed by atoms with van der Waals surface area (Å²) in [6, 6.07) is 5.49. The van der Waals surface area contributed by atoms with Gasteiger partial charge in [-0.1, -0.05) is 29.3 Å². The molecule has 4 nitrogen and oxygen atoms in total. The van der Waals surface area contributed by atoms with Gasteiger partial charge in [-0.05, 0) is 24.6 Å². The molecule has 2 N–H and O–H groups in total. The van der Waals surface area contributed by atoms with Crippen molar-refractivity contribution in [1.29, 1.82) is 0 Å². The highest BCUT2D eigenvalue weighted by molar-refractivity contribution is 7.88. The van der Waals surface area contributed by atoms with E-state index < -0.39 is 10.0 Å². The summed E-state index contributed by atoms with van der Waals surface area (Å²) >= 11 is 11.8. The summed E-state index contributed by atoms with van der Waals surface area (Å²) in [5.74, 6) is 0. The highest BCUT2D eigenvalue weighted by Crippen LogP contribution is 2.25. The molecular weight excluding hydrogens is 295 g/mol. The summed E-state index contributed by atoms with van der Waals surface area (Å²) < 4.78 is 24.1. The zero-order chi connectivity index (χ0) is 13.8. The molecule has 0 aliphatic rings. The fourth-order valence-corrected chi connectivity index (χ4v) is 2.20. The first-order chi connectivity index (χ1) is 8.29. The maximum atomic E-state index is 10.9. The second kappa shape index (κ2) is 6.73. The normalized spacial score (nSPS) is 13.6. The van der Waals surface area contributed by atoms with Crippen LogP contribution >= 0.6 is 23.2 Å². The molecule has 0 saturated carbocycles. The molecule has 0 radical (unpaired) electrons. The van der Waals surface area contributed by atoms with Gasteiger partial charge in [0.15, 0.2) is 0 Å². The fraction of sp³-hybridized carbons (Fsp3) is 0.455. The van der Waals surface area contributed by atoms with E-state index in [0.717, 1.165) is 11.8 Å². The van der Waals surface area contributed by atoms with E-state index in [1.54, 1.807) is 12.1 Å². The smallest absolute Gasteiger partial charge is 0.208 e. The van der Waals surface area contributed by atoms with Crippen LogP contribution in [0.25, 0.3) is 0 Å². The second-order valence-electron chi connectivity index (χ2n) is 4.02. The van der Waals surface area contributed by atoms with Crippen molar-refractivity contribution in [1.82, 2.24) is 10.0 Å². The predicted octanol–water partition coefficient (Wildman–Crippen LogP) is 2.19. The van der Waals surface area contributed by atoms with Crippen molar-refractivity contribution in [3.8, 4) is 0 Å². The molecule has 1 aromatic rings. The molecule has 7 heteroatoms. The van der Waals surface area contributed by atoms with Crippen LogP contribution in [0.3, 0.4) is 0 Å². The third-order valence-corrected chi connectivity index (χ3v) is 3.85. The number of hydrogen-bond donors (Lipinski definition) is 2. The van der Waals surface area contributed by atoms with Crippen molar-refractivity contribution in [2.24, 2.45) is 0 Å². The van der Waals surface area contributed by atoms with E-state index in [2.05, 4.69) is 10.0 Å². The van der Waals surface area contributed by atoms with Crippen LogP contribution in [0.4, 0.5) is 0 Å². The molecule has 1 unspecified atom stereocenters. The minimum absolute atomic E-state index is 0.0705. The van der Waals surface area contributed by atoms with Crippen molar-refractivity contribution in [2.75, 3.05) is 19.3 Å². The second-order valence-corrected chi connectivity index (χ2v) is 6.66. The molecule has 0 saturated heterocycles. The lowest BCUT2D eigenvalue weighted by Crippen LogP contribution is -2.32. The first-order valence-corrected chi connectivity index (χ1v) is 8.07. The molecule has 0 bridgehead atoms. The molecule has 1 rings (SSSR count). The van der Waals surface area contributed by atoms with Gasteiger partial charge in [-0.2, -0.15) is 0 Å². The van der Waals surface area contributed by atoms with Gasteiger partial charge in [0.1, 0.15) is 0 Å². The molecule has 0 amide bonds. The number of rotatable bonds is 6. The van der Waals surface area contributed by atoms with Crippen LogP contribution in [0, 0.1) is 0 Å². The molecule has 18 heavy (non-hydrogen) atoms. The molecule has 0 spiro atoms. The van der Waals surface area contributed by atoms with Gasteiger partial charge < -0.3 is 5.32 Å². The molecule has 0 aromatic heterocycles. The quantitative estimate of drug-likeness (QED) is 0.792. The van der Waals surface area contributed by atoms with Crippen LogP contribution in [0.1, 0.15) is 18.5 Å². The monoisotopic (exact) mass is 310 g/mol. The van der Waals surface area contributed by atoms with Crippen molar-refractivity contribution in [3.05, 3.63) is 33.8 Å². The SMILES string of the molecule is CC(NCCNS(C)(=O)=O)c1ccc(Cl)c(Cl)c1. The van der Waals surface area contributed by atoms with Crippen LogP contribution in [-0.4, -0.2) is 27.8 Å². The first-order valence-electron chi connectivity index (χ1n) is 5.42. The van der Waals surface area contributed by atoms with Gasteiger partial charge in [0.2, 0.25) is 10.0 Å². The Hall–Kier alpha value is -0.330. The van der Waals surface area contributed by atoms with E-state index in [4.69, 9.17) is 23.2 Å². The first kappa shape index (κ1) is 15.7. The predicted molar refractivity (Wildman–Crippen MR) is 75.7 cm³/mol. The minimum atomic E-state index is -3.13. The zero-order valence-electron chi connectivity index (χ0n) is 10.2. The third-order valence-electron chi connectivity index (χ3n) is 2.38. The summed E-state index contributed by atoms with van der Waals surface area (Å²) in [4.78, 5) is 0. The Labute approximate surface area is 118 Å². The average Bonchev–Trinajstić information content (AvgIpc) is 2.26. The van der Waals surface area contributed by atoms with Gasteiger partial charge in [0, 0.05) is 19.1 Å². The Morgan fingerprint density at radius 3 is 2.44 bits per heavy atom. The van der Waals surface area contributed by atoms with Gasteiger partial charge >= 0.3 is 0 Å². The lowest BCUT2D eigenvalue weighted by Gasteiger charge is -2.15. The van der Waals surface area contributed by atoms with Crippen molar-refractivity contribution >= 4 is 33.2 Å². The maximum Gasteiger partial charge on any atom is 0.208 e. The van der Waals surface area contributed by atoms with Gasteiger partial charge in [0.05, 0.1) is 16.3 Å². The largest absolute Gasteiger partial charge is 0.309 e. The topological polar surface area (TPSA) is 58.2 Å². The number of halogens is 2. The van der Waals surface area contributed by atoms with Crippen LogP contribution in [-0.2, 0) is 10.0 Å². The molecule has 0 aliphatic carbocycles. The molecule has 1 aromatic carbocycles. The van der Waals surface area contributed by atoms with Crippen molar-refractivity contribution < 1.29 is 8.42 Å². The fourth-order valence-electron chi connectivity index (χ4n) is 1.42. The Balaban J connectivity index is 2.45. The standard InChI is InChI=1S/C11H16Cl2N2O2S/c1-8(14-5-6-15-18(2,16)17)9-3-4-10(12)11(13)7-9/h3-4,7-8,14-15H,5-6H2,1-2H3. The zero-order valence-corrected chi connectivity index (χ0v) is 12.5. The summed E-state index contributed by atoms with van der Waals surface area (Å²) in [6.45, 7) is 2.86. The van der Waals surface area contributed by atoms with E-state index >= 15 is 0 Å². The van der Waals surface area contributed by atoms with Crippen LogP contribution in [0.5, 0.6) is 0 Å². The lowest BCUT2D eigenvalue weighted by molar-refractivity contribution is 0.556. The molecule has 0 heterocycles. The average molecular weight is 311 g/mol. The number of nitrogens with one attached hydrogen (secondary N) is 2. The molecule has 102 valence electrons. The van der Waals surface area contributed by atoms with Gasteiger partial charge in [-0.3, -0.25) is 0 Å². The Kier molecular flexibility index (Phi) is 5.88. The van der Waals surface area contributed by atoms with E-state index in [1.165, 1.54) is 0 Å². The summed E-state index contributed by atoms with van der Waals surface area (Å²) in [5.41, 5.74) is 1.00. The van der Waals surface area contributed by atoms with Gasteiger partial charge in [0.25, 0.3) is 0 Å². The highest BCUT2D eigenvalue weighted by Gasteiger charge is 2.07. The van der Waals surface area contributed by atoms with Crippen LogP contribution in [0.2, 0.25) is 10.0 Å². The maximum absolute atomic E-state index is 10.9. The minimum Gasteiger partial charge on any atom is -0.309 e.